The summed E-state index contributed by atoms with van der Waals surface area (Å²) in [5, 5.41) is 0. The van der Waals surface area contributed by atoms with Gasteiger partial charge < -0.3 is 10.6 Å². The first kappa shape index (κ1) is 16.6. The number of likely N-dealkylation sites (tertiary alicyclic amines) is 1. The Balaban J connectivity index is 1.63. The first-order chi connectivity index (χ1) is 11.5. The normalized spacial score (nSPS) is 18.6. The lowest BCUT2D eigenvalue weighted by Crippen LogP contribution is -2.44. The number of halogens is 2. The molecule has 2 N–H and O–H groups in total. The lowest BCUT2D eigenvalue weighted by atomic mass is 10.0. The van der Waals surface area contributed by atoms with E-state index in [9.17, 15) is 13.6 Å². The van der Waals surface area contributed by atoms with Crippen molar-refractivity contribution < 1.29 is 13.6 Å². The van der Waals surface area contributed by atoms with Gasteiger partial charge in [0.1, 0.15) is 12.0 Å². The van der Waals surface area contributed by atoms with Gasteiger partial charge in [-0.2, -0.15) is 0 Å². The van der Waals surface area contributed by atoms with E-state index in [-0.39, 0.29) is 18.3 Å². The zero-order valence-electron chi connectivity index (χ0n) is 13.3. The fraction of sp³-hybridized carbons (Fsp3) is 0.316. The van der Waals surface area contributed by atoms with E-state index in [1.165, 1.54) is 17.0 Å². The topological polar surface area (TPSA) is 46.3 Å². The molecule has 0 bridgehead atoms. The summed E-state index contributed by atoms with van der Waals surface area (Å²) in [6.45, 7) is 0.591. The first-order valence-electron chi connectivity index (χ1n) is 8.06. The Hall–Kier alpha value is -2.27. The summed E-state index contributed by atoms with van der Waals surface area (Å²) in [7, 11) is 0. The Labute approximate surface area is 140 Å². The summed E-state index contributed by atoms with van der Waals surface area (Å²) < 4.78 is 26.2. The summed E-state index contributed by atoms with van der Waals surface area (Å²) in [5.74, 6) is -0.463. The number of nitrogens with two attached hydrogens (primary N) is 1. The van der Waals surface area contributed by atoms with Crippen molar-refractivity contribution >= 4 is 5.91 Å². The van der Waals surface area contributed by atoms with Crippen molar-refractivity contribution in [2.75, 3.05) is 13.1 Å². The van der Waals surface area contributed by atoms with E-state index in [1.54, 1.807) is 12.1 Å². The Morgan fingerprint density at radius 3 is 2.25 bits per heavy atom. The molecule has 1 heterocycles. The molecule has 2 aromatic rings. The van der Waals surface area contributed by atoms with Gasteiger partial charge in [-0.15, -0.1) is 0 Å². The van der Waals surface area contributed by atoms with Crippen LogP contribution >= 0.6 is 0 Å². The number of carbonyl (C=O) groups is 1. The van der Waals surface area contributed by atoms with Crippen LogP contribution in [0.25, 0.3) is 11.1 Å². The average Bonchev–Trinajstić information content (AvgIpc) is 3.02. The van der Waals surface area contributed by atoms with Crippen molar-refractivity contribution in [3.05, 3.63) is 59.9 Å². The van der Waals surface area contributed by atoms with Crippen LogP contribution in [-0.2, 0) is 11.2 Å². The molecule has 0 unspecified atom stereocenters. The number of benzene rings is 2. The Kier molecular flexibility index (Phi) is 4.90. The van der Waals surface area contributed by atoms with Gasteiger partial charge in [-0.25, -0.2) is 8.78 Å². The Bertz CT molecular complexity index is 700. The van der Waals surface area contributed by atoms with Gasteiger partial charge in [0, 0.05) is 6.54 Å². The maximum absolute atomic E-state index is 13.2. The molecule has 0 radical (unpaired) electrons. The lowest BCUT2D eigenvalue weighted by Gasteiger charge is -2.20. The quantitative estimate of drug-likeness (QED) is 0.937. The van der Waals surface area contributed by atoms with Crippen molar-refractivity contribution in [1.29, 1.82) is 0 Å². The van der Waals surface area contributed by atoms with Crippen molar-refractivity contribution in [3.63, 3.8) is 0 Å². The zero-order valence-corrected chi connectivity index (χ0v) is 13.3. The van der Waals surface area contributed by atoms with Gasteiger partial charge in [0.05, 0.1) is 12.6 Å². The van der Waals surface area contributed by atoms with E-state index in [0.717, 1.165) is 16.7 Å². The Morgan fingerprint density at radius 2 is 1.71 bits per heavy atom. The maximum atomic E-state index is 13.2. The summed E-state index contributed by atoms with van der Waals surface area (Å²) >= 11 is 0. The van der Waals surface area contributed by atoms with Crippen LogP contribution in [0.2, 0.25) is 0 Å². The molecule has 2 aromatic carbocycles. The van der Waals surface area contributed by atoms with Crippen LogP contribution in [0.3, 0.4) is 0 Å². The van der Waals surface area contributed by atoms with Gasteiger partial charge in [0.25, 0.3) is 0 Å². The van der Waals surface area contributed by atoms with E-state index in [2.05, 4.69) is 0 Å². The van der Waals surface area contributed by atoms with E-state index in [1.807, 2.05) is 24.3 Å². The van der Waals surface area contributed by atoms with Crippen molar-refractivity contribution in [2.24, 2.45) is 5.73 Å². The van der Waals surface area contributed by atoms with E-state index in [0.29, 0.717) is 19.4 Å². The minimum Gasteiger partial charge on any atom is -0.338 e. The SMILES string of the molecule is N[C@@H](Cc1ccc(-c2ccc(F)cc2)cc1)C(=O)N1CC[C@H](F)C1. The predicted molar refractivity (Wildman–Crippen MR) is 89.6 cm³/mol. The second-order valence-corrected chi connectivity index (χ2v) is 6.18. The van der Waals surface area contributed by atoms with Gasteiger partial charge in [-0.05, 0) is 41.7 Å². The second-order valence-electron chi connectivity index (χ2n) is 6.18. The summed E-state index contributed by atoms with van der Waals surface area (Å²) in [6.07, 6.45) is -0.128. The molecule has 0 aliphatic carbocycles. The summed E-state index contributed by atoms with van der Waals surface area (Å²) in [6, 6.07) is 13.3. The molecule has 3 nitrogen and oxygen atoms in total. The number of rotatable bonds is 4. The lowest BCUT2D eigenvalue weighted by molar-refractivity contribution is -0.131. The first-order valence-corrected chi connectivity index (χ1v) is 8.06. The van der Waals surface area contributed by atoms with Crippen LogP contribution in [0.4, 0.5) is 8.78 Å². The Morgan fingerprint density at radius 1 is 1.12 bits per heavy atom. The molecule has 1 saturated heterocycles. The highest BCUT2D eigenvalue weighted by atomic mass is 19.1. The van der Waals surface area contributed by atoms with Crippen molar-refractivity contribution in [1.82, 2.24) is 4.90 Å². The number of amides is 1. The third kappa shape index (κ3) is 3.79. The van der Waals surface area contributed by atoms with E-state index >= 15 is 0 Å². The third-order valence-electron chi connectivity index (χ3n) is 4.35. The van der Waals surface area contributed by atoms with Crippen LogP contribution < -0.4 is 5.73 Å². The number of hydrogen-bond donors (Lipinski definition) is 1. The van der Waals surface area contributed by atoms with Crippen LogP contribution in [-0.4, -0.2) is 36.1 Å². The van der Waals surface area contributed by atoms with Gasteiger partial charge in [0.15, 0.2) is 0 Å². The zero-order chi connectivity index (χ0) is 17.1. The highest BCUT2D eigenvalue weighted by molar-refractivity contribution is 5.82. The largest absolute Gasteiger partial charge is 0.338 e. The van der Waals surface area contributed by atoms with E-state index in [4.69, 9.17) is 5.73 Å². The molecule has 1 aliphatic heterocycles. The monoisotopic (exact) mass is 330 g/mol. The molecule has 0 saturated carbocycles. The smallest absolute Gasteiger partial charge is 0.239 e. The minimum atomic E-state index is -0.934. The van der Waals surface area contributed by atoms with Crippen molar-refractivity contribution in [2.45, 2.75) is 25.1 Å². The molecular formula is C19H20F2N2O. The molecule has 1 fully saturated rings. The minimum absolute atomic E-state index is 0.149. The average molecular weight is 330 g/mol. The van der Waals surface area contributed by atoms with E-state index < -0.39 is 12.2 Å². The summed E-state index contributed by atoms with van der Waals surface area (Å²) in [4.78, 5) is 13.7. The molecule has 2 atom stereocenters. The fourth-order valence-electron chi connectivity index (χ4n) is 2.97. The molecule has 5 heteroatoms. The number of hydrogen-bond acceptors (Lipinski definition) is 2. The third-order valence-corrected chi connectivity index (χ3v) is 4.35. The number of alkyl halides is 1. The maximum Gasteiger partial charge on any atom is 0.239 e. The van der Waals surface area contributed by atoms with Crippen LogP contribution in [0.5, 0.6) is 0 Å². The molecule has 0 aromatic heterocycles. The van der Waals surface area contributed by atoms with Crippen LogP contribution in [0.1, 0.15) is 12.0 Å². The molecule has 1 amide bonds. The molecule has 126 valence electrons. The van der Waals surface area contributed by atoms with Crippen molar-refractivity contribution in [3.8, 4) is 11.1 Å². The molecule has 1 aliphatic rings. The van der Waals surface area contributed by atoms with Gasteiger partial charge >= 0.3 is 0 Å². The van der Waals surface area contributed by atoms with Gasteiger partial charge in [-0.3, -0.25) is 4.79 Å². The predicted octanol–water partition coefficient (Wildman–Crippen LogP) is 2.93. The van der Waals surface area contributed by atoms with Crippen LogP contribution in [0.15, 0.2) is 48.5 Å². The standard InChI is InChI=1S/C19H20F2N2O/c20-16-7-5-15(6-8-16)14-3-1-13(2-4-14)11-18(22)19(24)23-10-9-17(21)12-23/h1-8,17-18H,9-12,22H2/t17-,18-/m0/s1. The van der Waals surface area contributed by atoms with Gasteiger partial charge in [-0.1, -0.05) is 36.4 Å². The highest BCUT2D eigenvalue weighted by Gasteiger charge is 2.29. The number of nitrogens with zero attached hydrogens (tertiary/aromatic N) is 1. The fourth-order valence-corrected chi connectivity index (χ4v) is 2.97. The summed E-state index contributed by atoms with van der Waals surface area (Å²) in [5.41, 5.74) is 8.82. The molecule has 3 rings (SSSR count). The molecule has 24 heavy (non-hydrogen) atoms. The second kappa shape index (κ2) is 7.09. The number of carbonyl (C=O) groups excluding carboxylic acids is 1. The highest BCUT2D eigenvalue weighted by Crippen LogP contribution is 2.21. The molecular weight excluding hydrogens is 310 g/mol. The van der Waals surface area contributed by atoms with Crippen LogP contribution in [0, 0.1) is 5.82 Å². The van der Waals surface area contributed by atoms with Gasteiger partial charge in [0.2, 0.25) is 5.91 Å². The molecule has 0 spiro atoms.